The van der Waals surface area contributed by atoms with Gasteiger partial charge in [-0.05, 0) is 85.4 Å². The third-order valence-corrected chi connectivity index (χ3v) is 28.4. The molecular weight excluding hydrogens is 2220 g/mol. The molecule has 15 aromatic rings. The first-order valence-corrected chi connectivity index (χ1v) is 55.7. The molecule has 3 heterocycles. The number of aliphatic hydroxyl groups is 3. The molecule has 3 radical (unpaired) electrons. The Morgan fingerprint density at radius 1 is 0.353 bits per heavy atom. The number of hydrogen-bond acceptors (Lipinski definition) is 9. The zero-order valence-corrected chi connectivity index (χ0v) is 91.3. The summed E-state index contributed by atoms with van der Waals surface area (Å²) in [7, 11) is -4.30. The number of carbonyl (C=O) groups excluding carboxylic acids is 3. The second-order valence-corrected chi connectivity index (χ2v) is 54.0. The van der Waals surface area contributed by atoms with Crippen LogP contribution < -0.4 is 15.6 Å². The predicted molar refractivity (Wildman–Crippen MR) is 561 cm³/mol. The molecule has 0 aliphatic carbocycles. The molecule has 0 aliphatic rings. The fourth-order valence-corrected chi connectivity index (χ4v) is 17.5. The van der Waals surface area contributed by atoms with Gasteiger partial charge in [-0.15, -0.1) is 106 Å². The number of aliphatic hydroxyl groups excluding tert-OH is 3. The fraction of sp³-hybridized carbons (Fsp3) is 0.237. The molecule has 9 nitrogen and oxygen atoms in total. The normalized spacial score (nSPS) is 11.7. The van der Waals surface area contributed by atoms with E-state index >= 15 is 0 Å². The number of rotatable bonds is 19. The number of hydrogen-bond donors (Lipinski definition) is 3. The Morgan fingerprint density at radius 2 is 0.669 bits per heavy atom. The number of ketones is 3. The molecule has 3 N–H and O–H groups in total. The first kappa shape index (κ1) is 109. The molecule has 3 aromatic heterocycles. The minimum absolute atomic E-state index is 0. The van der Waals surface area contributed by atoms with Gasteiger partial charge in [-0.2, -0.15) is 0 Å². The van der Waals surface area contributed by atoms with Gasteiger partial charge in [-0.1, -0.05) is 401 Å². The number of carbonyl (C=O) groups is 3. The van der Waals surface area contributed by atoms with Crippen LogP contribution in [0.5, 0.6) is 0 Å². The van der Waals surface area contributed by atoms with E-state index in [0.29, 0.717) is 12.8 Å². The monoisotopic (exact) mass is 2350 g/mol. The zero-order valence-electron chi connectivity index (χ0n) is 81.1. The van der Waals surface area contributed by atoms with Crippen molar-refractivity contribution in [1.82, 2.24) is 15.0 Å². The molecule has 133 heavy (non-hydrogen) atoms. The van der Waals surface area contributed by atoms with Crippen LogP contribution in [0.25, 0.3) is 133 Å². The summed E-state index contributed by atoms with van der Waals surface area (Å²) < 4.78 is 0. The van der Waals surface area contributed by atoms with Gasteiger partial charge in [0.05, 0.1) is 52.3 Å². The molecule has 0 saturated carbocycles. The van der Waals surface area contributed by atoms with Gasteiger partial charge in [0.1, 0.15) is 5.76 Å². The zero-order chi connectivity index (χ0) is 94.4. The molecule has 693 valence electrons. The van der Waals surface area contributed by atoms with Gasteiger partial charge in [0.15, 0.2) is 17.3 Å². The van der Waals surface area contributed by atoms with E-state index < -0.39 is 29.6 Å². The molecule has 0 atom stereocenters. The second-order valence-electron chi connectivity index (χ2n) is 38.7. The Balaban J connectivity index is 0.000000231. The first-order valence-electron chi connectivity index (χ1n) is 45.2. The van der Waals surface area contributed by atoms with Crippen LogP contribution in [0.4, 0.5) is 0 Å². The van der Waals surface area contributed by atoms with Gasteiger partial charge in [-0.3, -0.25) is 29.3 Å². The molecule has 15 heteroatoms. The maximum absolute atomic E-state index is 11.5. The Kier molecular flexibility index (Phi) is 40.5. The van der Waals surface area contributed by atoms with E-state index in [-0.39, 0.29) is 112 Å². The Bertz CT molecular complexity index is 6270. The summed E-state index contributed by atoms with van der Waals surface area (Å²) in [6.45, 7) is 45.6. The number of aryl methyl sites for hydroxylation is 1. The van der Waals surface area contributed by atoms with Crippen molar-refractivity contribution in [3.05, 3.63) is 363 Å². The molecule has 0 spiro atoms. The van der Waals surface area contributed by atoms with Crippen LogP contribution in [0, 0.1) is 47.8 Å². The molecular formula is C118H128Ir3N3O6Si3-3. The number of aromatic nitrogens is 3. The summed E-state index contributed by atoms with van der Waals surface area (Å²) in [5, 5.41) is 35.6. The van der Waals surface area contributed by atoms with Gasteiger partial charge in [0, 0.05) is 130 Å². The second kappa shape index (κ2) is 49.4. The average Bonchev–Trinajstić information content (AvgIpc) is 0.770. The van der Waals surface area contributed by atoms with Gasteiger partial charge < -0.3 is 15.3 Å². The summed E-state index contributed by atoms with van der Waals surface area (Å²) >= 11 is 0. The van der Waals surface area contributed by atoms with Gasteiger partial charge >= 0.3 is 0 Å². The quantitative estimate of drug-likeness (QED) is 0.0311. The number of pyridine rings is 3. The number of fused-ring (bicyclic) bond motifs is 3. The molecule has 0 fully saturated rings. The Labute approximate surface area is 835 Å². The van der Waals surface area contributed by atoms with Crippen LogP contribution in [-0.4, -0.2) is 71.8 Å². The van der Waals surface area contributed by atoms with Crippen LogP contribution in [0.15, 0.2) is 339 Å². The Morgan fingerprint density at radius 3 is 0.962 bits per heavy atom. The standard InChI is InChI=1S/C31H28NSi.2C30H26NSi.C11H20O2.C9H16O2.C7H12O2.3Ir/c1-22-17-25(23-11-7-5-8-12-23)19-26(18-22)31-21-28(24-13-9-6-10-14-24)29-20-27(33(2,3)4)15-16-30(29)32-31;2*1-32(2,3)26-17-18-29-28(20-26)27(23-13-8-5-9-14-23)21-30(31-29)25-16-10-15-24(19-25)22-11-6-4-7-12-22;1-10(2,3)8(12)7-9(13)11(4,5)6;1-6(2)8(10)5-9(11)7(3)4;1-3-6(8)5-7(9)4-2;;;/h5-17,19-21H,1-4H3;2*4-15,17-21H,1-3H3;7,12H,1-6H3;5-7,10H,1-4H3;5,8H,3-4H2,1-2H3;;;/q3*-1;;;;;;. The molecule has 0 aliphatic heterocycles. The van der Waals surface area contributed by atoms with Crippen molar-refractivity contribution in [2.45, 2.75) is 162 Å². The first-order chi connectivity index (χ1) is 61.6. The van der Waals surface area contributed by atoms with E-state index in [1.54, 1.807) is 13.8 Å². The van der Waals surface area contributed by atoms with E-state index in [9.17, 15) is 24.6 Å². The Hall–Kier alpha value is -10.9. The predicted octanol–water partition coefficient (Wildman–Crippen LogP) is 30.3. The van der Waals surface area contributed by atoms with Crippen molar-refractivity contribution in [2.24, 2.45) is 22.7 Å². The van der Waals surface area contributed by atoms with E-state index in [2.05, 4.69) is 363 Å². The molecule has 0 amide bonds. The largest absolute Gasteiger partial charge is 0.512 e. The minimum atomic E-state index is -1.44. The number of allylic oxidation sites excluding steroid dienone is 6. The third kappa shape index (κ3) is 31.3. The average molecular weight is 2350 g/mol. The van der Waals surface area contributed by atoms with Gasteiger partial charge in [-0.25, -0.2) is 0 Å². The summed E-state index contributed by atoms with van der Waals surface area (Å²) in [6, 6.07) is 118. The summed E-state index contributed by atoms with van der Waals surface area (Å²) in [6.07, 6.45) is 4.92. The van der Waals surface area contributed by atoms with E-state index in [0.717, 1.165) is 55.9 Å². The smallest absolute Gasteiger partial charge is 0.164 e. The maximum atomic E-state index is 11.5. The molecule has 15 rings (SSSR count). The number of benzene rings is 12. The van der Waals surface area contributed by atoms with Crippen molar-refractivity contribution in [2.75, 3.05) is 0 Å². The van der Waals surface area contributed by atoms with Crippen molar-refractivity contribution >= 4 is 89.8 Å². The van der Waals surface area contributed by atoms with Gasteiger partial charge in [0.25, 0.3) is 0 Å². The third-order valence-electron chi connectivity index (χ3n) is 22.3. The minimum Gasteiger partial charge on any atom is -0.512 e. The van der Waals surface area contributed by atoms with Crippen LogP contribution in [0.2, 0.25) is 58.9 Å². The molecule has 0 saturated heterocycles. The fourth-order valence-electron chi connectivity index (χ4n) is 14.0. The van der Waals surface area contributed by atoms with E-state index in [1.165, 1.54) is 117 Å². The van der Waals surface area contributed by atoms with Crippen LogP contribution >= 0.6 is 0 Å². The number of nitrogens with zero attached hydrogens (tertiary/aromatic N) is 3. The van der Waals surface area contributed by atoms with Crippen molar-refractivity contribution in [3.8, 4) is 101 Å². The molecule has 0 bridgehead atoms. The summed E-state index contributed by atoms with van der Waals surface area (Å²) in [4.78, 5) is 48.3. The van der Waals surface area contributed by atoms with E-state index in [4.69, 9.17) is 20.1 Å². The van der Waals surface area contributed by atoms with Crippen molar-refractivity contribution in [3.63, 3.8) is 0 Å². The van der Waals surface area contributed by atoms with Crippen LogP contribution in [0.3, 0.4) is 0 Å². The van der Waals surface area contributed by atoms with Crippen molar-refractivity contribution < 1.29 is 90.0 Å². The molecule has 12 aromatic carbocycles. The van der Waals surface area contributed by atoms with Crippen LogP contribution in [-0.2, 0) is 74.7 Å². The van der Waals surface area contributed by atoms with Crippen molar-refractivity contribution in [1.29, 1.82) is 0 Å². The summed E-state index contributed by atoms with van der Waals surface area (Å²) in [5.41, 5.74) is 23.9. The molecule has 0 unspecified atom stereocenters. The topological polar surface area (TPSA) is 151 Å². The SMILES string of the molecule is CC(C)(C)C(=O)C=C(O)C(C)(C)C.CC(C)C(=O)C=C(O)C(C)C.CCC(=O)C=C(O)CC.C[Si](C)(C)c1ccc2nc(-c3[c-]ccc(-c4ccccc4)c3)cc(-c3ccccc3)c2c1.C[Si](C)(C)c1ccc2nc(-c3[c-]ccc(-c4ccccc4)c3)cc(-c3ccccc3)c2c1.Cc1[c-]c(-c2cc(-c3ccccc3)c3cc([Si](C)(C)C)ccc3n2)cc(-c2ccccc2)c1.[Ir].[Ir].[Ir]. The maximum Gasteiger partial charge on any atom is 0.164 e. The van der Waals surface area contributed by atoms with E-state index in [1.807, 2.05) is 93.5 Å². The van der Waals surface area contributed by atoms with Crippen LogP contribution in [0.1, 0.15) is 101 Å². The summed E-state index contributed by atoms with van der Waals surface area (Å²) in [5.74, 6) is 0.414. The van der Waals surface area contributed by atoms with Gasteiger partial charge in [0.2, 0.25) is 0 Å².